The van der Waals surface area contributed by atoms with Crippen LogP contribution in [0, 0.1) is 5.82 Å². The van der Waals surface area contributed by atoms with Crippen LogP contribution in [-0.4, -0.2) is 9.97 Å². The van der Waals surface area contributed by atoms with E-state index >= 15 is 0 Å². The van der Waals surface area contributed by atoms with Gasteiger partial charge in [-0.2, -0.15) is 0 Å². The van der Waals surface area contributed by atoms with E-state index in [0.29, 0.717) is 5.52 Å². The van der Waals surface area contributed by atoms with Crippen LogP contribution in [0.2, 0.25) is 0 Å². The molecule has 0 unspecified atom stereocenters. The molecular weight excluding hydrogens is 167 g/mol. The summed E-state index contributed by atoms with van der Waals surface area (Å²) in [5, 5.41) is 0. The van der Waals surface area contributed by atoms with Gasteiger partial charge in [-0.3, -0.25) is 0 Å². The molecule has 0 saturated heterocycles. The van der Waals surface area contributed by atoms with Gasteiger partial charge >= 0.3 is 0 Å². The number of halogens is 1. The minimum Gasteiger partial charge on any atom is -0.342 e. The first-order valence-corrected chi connectivity index (χ1v) is 4.43. The normalized spacial score (nSPS) is 10.9. The summed E-state index contributed by atoms with van der Waals surface area (Å²) < 4.78 is 12.8. The van der Waals surface area contributed by atoms with Crippen LogP contribution < -0.4 is 0 Å². The van der Waals surface area contributed by atoms with Crippen molar-refractivity contribution in [2.45, 2.75) is 19.8 Å². The summed E-state index contributed by atoms with van der Waals surface area (Å²) in [6.45, 7) is 2.09. The van der Waals surface area contributed by atoms with Crippen LogP contribution in [0.25, 0.3) is 11.0 Å². The van der Waals surface area contributed by atoms with E-state index in [-0.39, 0.29) is 5.82 Å². The molecule has 0 fully saturated rings. The molecule has 1 N–H and O–H groups in total. The molecule has 1 heterocycles. The molecule has 2 rings (SSSR count). The van der Waals surface area contributed by atoms with E-state index in [1.807, 2.05) is 0 Å². The average molecular weight is 178 g/mol. The van der Waals surface area contributed by atoms with Crippen molar-refractivity contribution in [3.8, 4) is 0 Å². The number of aromatic nitrogens is 2. The molecule has 0 aliphatic rings. The zero-order valence-corrected chi connectivity index (χ0v) is 7.47. The highest BCUT2D eigenvalue weighted by atomic mass is 19.1. The fourth-order valence-electron chi connectivity index (χ4n) is 1.39. The lowest BCUT2D eigenvalue weighted by Gasteiger charge is -1.87. The number of aromatic amines is 1. The number of nitrogens with zero attached hydrogens (tertiary/aromatic N) is 1. The Bertz CT molecular complexity index is 420. The van der Waals surface area contributed by atoms with Gasteiger partial charge in [-0.25, -0.2) is 9.37 Å². The van der Waals surface area contributed by atoms with Gasteiger partial charge in [0, 0.05) is 12.5 Å². The maximum absolute atomic E-state index is 12.8. The fourth-order valence-corrected chi connectivity index (χ4v) is 1.39. The van der Waals surface area contributed by atoms with E-state index in [1.165, 1.54) is 12.1 Å². The van der Waals surface area contributed by atoms with Crippen molar-refractivity contribution in [2.24, 2.45) is 0 Å². The van der Waals surface area contributed by atoms with Gasteiger partial charge in [0.05, 0.1) is 11.0 Å². The Balaban J connectivity index is 2.49. The minimum atomic E-state index is -0.234. The smallest absolute Gasteiger partial charge is 0.125 e. The van der Waals surface area contributed by atoms with Crippen LogP contribution in [0.5, 0.6) is 0 Å². The number of imidazole rings is 1. The second-order valence-electron chi connectivity index (χ2n) is 3.09. The van der Waals surface area contributed by atoms with Gasteiger partial charge in [0.15, 0.2) is 0 Å². The molecule has 1 aromatic carbocycles. The van der Waals surface area contributed by atoms with Crippen LogP contribution in [0.3, 0.4) is 0 Å². The monoisotopic (exact) mass is 178 g/mol. The van der Waals surface area contributed by atoms with Gasteiger partial charge in [0.1, 0.15) is 11.6 Å². The third kappa shape index (κ3) is 1.54. The van der Waals surface area contributed by atoms with Gasteiger partial charge in [-0.05, 0) is 18.6 Å². The second kappa shape index (κ2) is 3.17. The molecule has 0 saturated carbocycles. The third-order valence-electron chi connectivity index (χ3n) is 1.98. The van der Waals surface area contributed by atoms with E-state index in [1.54, 1.807) is 6.07 Å². The maximum atomic E-state index is 12.8. The van der Waals surface area contributed by atoms with Gasteiger partial charge < -0.3 is 4.98 Å². The van der Waals surface area contributed by atoms with Crippen molar-refractivity contribution < 1.29 is 4.39 Å². The number of nitrogens with one attached hydrogen (secondary N) is 1. The second-order valence-corrected chi connectivity index (χ2v) is 3.09. The Morgan fingerprint density at radius 2 is 2.31 bits per heavy atom. The molecule has 0 aliphatic heterocycles. The van der Waals surface area contributed by atoms with E-state index in [4.69, 9.17) is 0 Å². The first-order chi connectivity index (χ1) is 6.29. The number of hydrogen-bond donors (Lipinski definition) is 1. The maximum Gasteiger partial charge on any atom is 0.125 e. The fraction of sp³-hybridized carbons (Fsp3) is 0.300. The lowest BCUT2D eigenvalue weighted by Crippen LogP contribution is -1.83. The van der Waals surface area contributed by atoms with E-state index < -0.39 is 0 Å². The molecule has 3 heteroatoms. The minimum absolute atomic E-state index is 0.234. The van der Waals surface area contributed by atoms with Crippen LogP contribution in [0.4, 0.5) is 4.39 Å². The molecular formula is C10H11FN2. The Morgan fingerprint density at radius 1 is 1.46 bits per heavy atom. The summed E-state index contributed by atoms with van der Waals surface area (Å²) in [5.74, 6) is 0.699. The van der Waals surface area contributed by atoms with Crippen LogP contribution in [0.15, 0.2) is 18.2 Å². The molecule has 0 atom stereocenters. The van der Waals surface area contributed by atoms with Gasteiger partial charge in [-0.15, -0.1) is 0 Å². The van der Waals surface area contributed by atoms with Crippen molar-refractivity contribution >= 4 is 11.0 Å². The highest BCUT2D eigenvalue weighted by Crippen LogP contribution is 2.13. The first kappa shape index (κ1) is 8.23. The third-order valence-corrected chi connectivity index (χ3v) is 1.98. The first-order valence-electron chi connectivity index (χ1n) is 4.43. The van der Waals surface area contributed by atoms with Gasteiger partial charge in [0.2, 0.25) is 0 Å². The molecule has 0 aliphatic carbocycles. The quantitative estimate of drug-likeness (QED) is 0.752. The zero-order valence-electron chi connectivity index (χ0n) is 7.47. The highest BCUT2D eigenvalue weighted by Gasteiger charge is 2.01. The molecule has 0 bridgehead atoms. The molecule has 0 spiro atoms. The Morgan fingerprint density at radius 3 is 3.08 bits per heavy atom. The number of rotatable bonds is 2. The Hall–Kier alpha value is -1.38. The number of benzene rings is 1. The van der Waals surface area contributed by atoms with Crippen LogP contribution in [0.1, 0.15) is 19.2 Å². The Kier molecular flexibility index (Phi) is 2.00. The largest absolute Gasteiger partial charge is 0.342 e. The summed E-state index contributed by atoms with van der Waals surface area (Å²) in [6, 6.07) is 4.61. The molecule has 0 amide bonds. The molecule has 2 nitrogen and oxygen atoms in total. The molecule has 0 radical (unpaired) electrons. The lowest BCUT2D eigenvalue weighted by atomic mass is 10.3. The van der Waals surface area contributed by atoms with Crippen molar-refractivity contribution in [3.63, 3.8) is 0 Å². The lowest BCUT2D eigenvalue weighted by molar-refractivity contribution is 0.629. The SMILES string of the molecule is CCCc1nc2cc(F)ccc2[nH]1. The number of hydrogen-bond acceptors (Lipinski definition) is 1. The number of fused-ring (bicyclic) bond motifs is 1. The molecule has 2 aromatic rings. The average Bonchev–Trinajstić information content (AvgIpc) is 2.46. The summed E-state index contributed by atoms with van der Waals surface area (Å²) in [4.78, 5) is 7.41. The standard InChI is InChI=1S/C10H11FN2/c1-2-3-10-12-8-5-4-7(11)6-9(8)13-10/h4-6H,2-3H2,1H3,(H,12,13). The molecule has 68 valence electrons. The Labute approximate surface area is 75.8 Å². The van der Waals surface area contributed by atoms with E-state index in [2.05, 4.69) is 16.9 Å². The van der Waals surface area contributed by atoms with Crippen molar-refractivity contribution in [2.75, 3.05) is 0 Å². The van der Waals surface area contributed by atoms with Crippen LogP contribution in [-0.2, 0) is 6.42 Å². The van der Waals surface area contributed by atoms with Crippen LogP contribution >= 0.6 is 0 Å². The van der Waals surface area contributed by atoms with Gasteiger partial charge in [0.25, 0.3) is 0 Å². The van der Waals surface area contributed by atoms with E-state index in [9.17, 15) is 4.39 Å². The topological polar surface area (TPSA) is 28.7 Å². The predicted molar refractivity (Wildman–Crippen MR) is 50.0 cm³/mol. The molecule has 13 heavy (non-hydrogen) atoms. The summed E-state index contributed by atoms with van der Waals surface area (Å²) >= 11 is 0. The summed E-state index contributed by atoms with van der Waals surface area (Å²) in [7, 11) is 0. The van der Waals surface area contributed by atoms with Crippen molar-refractivity contribution in [1.29, 1.82) is 0 Å². The zero-order chi connectivity index (χ0) is 9.26. The number of H-pyrrole nitrogens is 1. The van der Waals surface area contributed by atoms with Crippen molar-refractivity contribution in [3.05, 3.63) is 29.8 Å². The van der Waals surface area contributed by atoms with Crippen molar-refractivity contribution in [1.82, 2.24) is 9.97 Å². The predicted octanol–water partition coefficient (Wildman–Crippen LogP) is 2.65. The highest BCUT2D eigenvalue weighted by molar-refractivity contribution is 5.74. The van der Waals surface area contributed by atoms with E-state index in [0.717, 1.165) is 24.2 Å². The molecule has 1 aromatic heterocycles. The number of aryl methyl sites for hydroxylation is 1. The summed E-state index contributed by atoms with van der Waals surface area (Å²) in [6.07, 6.45) is 1.96. The van der Waals surface area contributed by atoms with Gasteiger partial charge in [-0.1, -0.05) is 6.92 Å². The summed E-state index contributed by atoms with van der Waals surface area (Å²) in [5.41, 5.74) is 1.62.